The maximum absolute atomic E-state index is 10.7. The van der Waals surface area contributed by atoms with Gasteiger partial charge < -0.3 is 10.4 Å². The molecule has 0 saturated heterocycles. The monoisotopic (exact) mass is 231 g/mol. The van der Waals surface area contributed by atoms with Gasteiger partial charge in [0.15, 0.2) is 0 Å². The van der Waals surface area contributed by atoms with Crippen molar-refractivity contribution in [3.05, 3.63) is 35.4 Å². The summed E-state index contributed by atoms with van der Waals surface area (Å²) in [6, 6.07) is 8.63. The lowest BCUT2D eigenvalue weighted by atomic mass is 9.81. The minimum Gasteiger partial charge on any atom is -0.388 e. The summed E-state index contributed by atoms with van der Waals surface area (Å²) < 4.78 is 0. The van der Waals surface area contributed by atoms with Crippen LogP contribution in [0.5, 0.6) is 0 Å². The van der Waals surface area contributed by atoms with E-state index in [1.807, 2.05) is 6.92 Å². The Morgan fingerprint density at radius 2 is 2.12 bits per heavy atom. The van der Waals surface area contributed by atoms with E-state index < -0.39 is 5.60 Å². The summed E-state index contributed by atoms with van der Waals surface area (Å²) in [5, 5.41) is 14.2. The zero-order valence-corrected chi connectivity index (χ0v) is 10.4. The molecule has 1 fully saturated rings. The fourth-order valence-corrected chi connectivity index (χ4v) is 3.08. The fraction of sp³-hybridized carbons (Fsp3) is 0.600. The molecule has 0 spiro atoms. The molecule has 2 unspecified atom stereocenters. The molecule has 2 atom stereocenters. The molecule has 2 heteroatoms. The molecule has 2 aliphatic rings. The van der Waals surface area contributed by atoms with Gasteiger partial charge in [0.25, 0.3) is 0 Å². The van der Waals surface area contributed by atoms with Gasteiger partial charge in [0, 0.05) is 0 Å². The number of hydrogen-bond donors (Lipinski definition) is 2. The van der Waals surface area contributed by atoms with E-state index in [9.17, 15) is 5.11 Å². The third-order valence-corrected chi connectivity index (χ3v) is 4.13. The van der Waals surface area contributed by atoms with E-state index in [1.165, 1.54) is 24.0 Å². The summed E-state index contributed by atoms with van der Waals surface area (Å²) >= 11 is 0. The molecule has 1 aliphatic carbocycles. The molecule has 0 aromatic heterocycles. The minimum absolute atomic E-state index is 0.105. The van der Waals surface area contributed by atoms with Crippen LogP contribution in [-0.2, 0) is 6.42 Å². The van der Waals surface area contributed by atoms with Crippen LogP contribution >= 0.6 is 0 Å². The molecule has 2 N–H and O–H groups in total. The fourth-order valence-electron chi connectivity index (χ4n) is 3.08. The summed E-state index contributed by atoms with van der Waals surface area (Å²) in [6.07, 6.45) is 4.60. The Labute approximate surface area is 103 Å². The minimum atomic E-state index is -0.613. The SMILES string of the molecule is CC(O)(CC1CC1)C1NCCc2ccccc21. The standard InChI is InChI=1S/C15H21NO/c1-15(17,10-11-6-7-11)14-13-5-3-2-4-12(13)8-9-16-14/h2-5,11,14,16-17H,6-10H2,1H3. The van der Waals surface area contributed by atoms with Crippen LogP contribution in [0.2, 0.25) is 0 Å². The second-order valence-electron chi connectivity index (χ2n) is 5.84. The maximum Gasteiger partial charge on any atom is 0.0816 e. The number of rotatable bonds is 3. The number of benzene rings is 1. The number of nitrogens with one attached hydrogen (secondary N) is 1. The molecule has 0 amide bonds. The van der Waals surface area contributed by atoms with Crippen molar-refractivity contribution in [2.75, 3.05) is 6.54 Å². The smallest absolute Gasteiger partial charge is 0.0816 e. The summed E-state index contributed by atoms with van der Waals surface area (Å²) in [4.78, 5) is 0. The summed E-state index contributed by atoms with van der Waals surface area (Å²) in [7, 11) is 0. The highest BCUT2D eigenvalue weighted by Gasteiger charge is 2.40. The van der Waals surface area contributed by atoms with Gasteiger partial charge in [-0.1, -0.05) is 37.1 Å². The first-order valence-corrected chi connectivity index (χ1v) is 6.70. The highest BCUT2D eigenvalue weighted by Crippen LogP contribution is 2.42. The van der Waals surface area contributed by atoms with Crippen molar-refractivity contribution in [1.29, 1.82) is 0 Å². The Morgan fingerprint density at radius 3 is 2.88 bits per heavy atom. The Balaban J connectivity index is 1.88. The predicted molar refractivity (Wildman–Crippen MR) is 68.9 cm³/mol. The molecule has 1 aromatic carbocycles. The van der Waals surface area contributed by atoms with E-state index in [1.54, 1.807) is 0 Å². The summed E-state index contributed by atoms with van der Waals surface area (Å²) in [5.41, 5.74) is 2.08. The van der Waals surface area contributed by atoms with Crippen molar-refractivity contribution in [2.24, 2.45) is 5.92 Å². The van der Waals surface area contributed by atoms with Crippen molar-refractivity contribution in [3.63, 3.8) is 0 Å². The first-order chi connectivity index (χ1) is 8.17. The van der Waals surface area contributed by atoms with Gasteiger partial charge in [-0.25, -0.2) is 0 Å². The molecular formula is C15H21NO. The molecule has 1 aromatic rings. The van der Waals surface area contributed by atoms with E-state index in [0.29, 0.717) is 0 Å². The maximum atomic E-state index is 10.7. The van der Waals surface area contributed by atoms with Crippen molar-refractivity contribution in [1.82, 2.24) is 5.32 Å². The second-order valence-corrected chi connectivity index (χ2v) is 5.84. The van der Waals surface area contributed by atoms with Gasteiger partial charge in [0.1, 0.15) is 0 Å². The molecule has 1 heterocycles. The molecule has 0 radical (unpaired) electrons. The third kappa shape index (κ3) is 2.24. The van der Waals surface area contributed by atoms with Crippen LogP contribution in [0.15, 0.2) is 24.3 Å². The number of hydrogen-bond acceptors (Lipinski definition) is 2. The van der Waals surface area contributed by atoms with Crippen molar-refractivity contribution < 1.29 is 5.11 Å². The zero-order valence-electron chi connectivity index (χ0n) is 10.4. The van der Waals surface area contributed by atoms with E-state index in [-0.39, 0.29) is 6.04 Å². The van der Waals surface area contributed by atoms with Gasteiger partial charge in [-0.2, -0.15) is 0 Å². The molecule has 2 nitrogen and oxygen atoms in total. The largest absolute Gasteiger partial charge is 0.388 e. The van der Waals surface area contributed by atoms with Crippen molar-refractivity contribution >= 4 is 0 Å². The van der Waals surface area contributed by atoms with Crippen molar-refractivity contribution in [3.8, 4) is 0 Å². The molecule has 0 bridgehead atoms. The number of aliphatic hydroxyl groups is 1. The normalized spacial score (nSPS) is 27.3. The molecule has 92 valence electrons. The van der Waals surface area contributed by atoms with Crippen LogP contribution in [-0.4, -0.2) is 17.3 Å². The highest BCUT2D eigenvalue weighted by molar-refractivity contribution is 5.34. The van der Waals surface area contributed by atoms with Crippen LogP contribution < -0.4 is 5.32 Å². The molecule has 17 heavy (non-hydrogen) atoms. The first-order valence-electron chi connectivity index (χ1n) is 6.70. The van der Waals surface area contributed by atoms with E-state index >= 15 is 0 Å². The highest BCUT2D eigenvalue weighted by atomic mass is 16.3. The average Bonchev–Trinajstić information content (AvgIpc) is 3.11. The van der Waals surface area contributed by atoms with Crippen LogP contribution in [0, 0.1) is 5.92 Å². The van der Waals surface area contributed by atoms with Crippen molar-refractivity contribution in [2.45, 2.75) is 44.2 Å². The van der Waals surface area contributed by atoms with Gasteiger partial charge in [-0.3, -0.25) is 0 Å². The lowest BCUT2D eigenvalue weighted by Gasteiger charge is -2.38. The van der Waals surface area contributed by atoms with Gasteiger partial charge in [-0.15, -0.1) is 0 Å². The van der Waals surface area contributed by atoms with Gasteiger partial charge in [0.2, 0.25) is 0 Å². The molecule has 1 saturated carbocycles. The van der Waals surface area contributed by atoms with Crippen LogP contribution in [0.4, 0.5) is 0 Å². The Bertz CT molecular complexity index is 409. The summed E-state index contributed by atoms with van der Waals surface area (Å²) in [6.45, 7) is 2.97. The lowest BCUT2D eigenvalue weighted by molar-refractivity contribution is 0.00317. The molecule has 3 rings (SSSR count). The third-order valence-electron chi connectivity index (χ3n) is 4.13. The zero-order chi connectivity index (χ0) is 11.9. The lowest BCUT2D eigenvalue weighted by Crippen LogP contribution is -2.45. The number of fused-ring (bicyclic) bond motifs is 1. The van der Waals surface area contributed by atoms with Crippen LogP contribution in [0.1, 0.15) is 43.4 Å². The predicted octanol–water partition coefficient (Wildman–Crippen LogP) is 2.42. The topological polar surface area (TPSA) is 32.3 Å². The quantitative estimate of drug-likeness (QED) is 0.837. The summed E-state index contributed by atoms with van der Waals surface area (Å²) in [5.74, 6) is 0.751. The molecular weight excluding hydrogens is 210 g/mol. The van der Waals surface area contributed by atoms with E-state index in [2.05, 4.69) is 29.6 Å². The van der Waals surface area contributed by atoms with E-state index in [0.717, 1.165) is 25.3 Å². The van der Waals surface area contributed by atoms with Gasteiger partial charge in [-0.05, 0) is 43.4 Å². The first kappa shape index (κ1) is 11.2. The second kappa shape index (κ2) is 4.11. The van der Waals surface area contributed by atoms with Crippen LogP contribution in [0.25, 0.3) is 0 Å². The van der Waals surface area contributed by atoms with E-state index in [4.69, 9.17) is 0 Å². The van der Waals surface area contributed by atoms with Gasteiger partial charge >= 0.3 is 0 Å². The Kier molecular flexibility index (Phi) is 2.72. The Hall–Kier alpha value is -0.860. The Morgan fingerprint density at radius 1 is 1.35 bits per heavy atom. The van der Waals surface area contributed by atoms with Crippen LogP contribution in [0.3, 0.4) is 0 Å². The molecule has 1 aliphatic heterocycles. The average molecular weight is 231 g/mol. The van der Waals surface area contributed by atoms with Gasteiger partial charge in [0.05, 0.1) is 11.6 Å².